The summed E-state index contributed by atoms with van der Waals surface area (Å²) in [5, 5.41) is 0. The van der Waals surface area contributed by atoms with Crippen molar-refractivity contribution in [3.05, 3.63) is 47.9 Å². The molecule has 194 valence electrons. The topological polar surface area (TPSA) is 40.6 Å². The van der Waals surface area contributed by atoms with E-state index in [1.165, 1.54) is 70.3 Å². The van der Waals surface area contributed by atoms with Gasteiger partial charge in [-0.3, -0.25) is 4.98 Å². The number of unbranched alkanes of at least 4 members (excludes halogenated alkanes) is 9. The van der Waals surface area contributed by atoms with Gasteiger partial charge >= 0.3 is 0 Å². The van der Waals surface area contributed by atoms with Crippen LogP contribution in [0.2, 0.25) is 0 Å². The van der Waals surface area contributed by atoms with Gasteiger partial charge in [0.25, 0.3) is 0 Å². The molecule has 0 unspecified atom stereocenters. The van der Waals surface area contributed by atoms with Crippen molar-refractivity contribution in [1.29, 1.82) is 0 Å². The van der Waals surface area contributed by atoms with Crippen molar-refractivity contribution in [2.45, 2.75) is 97.2 Å². The summed E-state index contributed by atoms with van der Waals surface area (Å²) in [6, 6.07) is 8.91. The van der Waals surface area contributed by atoms with Gasteiger partial charge in [0, 0.05) is 23.2 Å². The Morgan fingerprint density at radius 1 is 0.857 bits per heavy atom. The Morgan fingerprint density at radius 2 is 1.54 bits per heavy atom. The molecular weight excluding hydrogens is 441 g/mol. The van der Waals surface area contributed by atoms with E-state index < -0.39 is 0 Å². The number of halogens is 1. The van der Waals surface area contributed by atoms with Gasteiger partial charge in [-0.1, -0.05) is 84.1 Å². The molecule has 2 aromatic rings. The van der Waals surface area contributed by atoms with Crippen LogP contribution in [0, 0.1) is 11.7 Å². The Kier molecular flexibility index (Phi) is 12.5. The Morgan fingerprint density at radius 3 is 2.20 bits per heavy atom. The highest BCUT2D eigenvalue weighted by atomic mass is 19.1. The molecular formula is C30H44FNO3. The van der Waals surface area contributed by atoms with Crippen LogP contribution < -0.4 is 4.74 Å². The standard InChI is InChI=1S/C30H44FNO3/c1-3-5-7-9-10-12-14-24-22-34-30(35-23-24)26-15-17-28(32-21-26)25-16-18-29(27(31)20-25)33-19-13-11-8-6-4-2/h15-18,20-21,24,30H,3-14,19,22-23H2,1-2H3. The second-order valence-corrected chi connectivity index (χ2v) is 9.81. The smallest absolute Gasteiger partial charge is 0.185 e. The van der Waals surface area contributed by atoms with Crippen LogP contribution in [0.25, 0.3) is 11.3 Å². The summed E-state index contributed by atoms with van der Waals surface area (Å²) < 4.78 is 32.1. The fraction of sp³-hybridized carbons (Fsp3) is 0.633. The number of pyridine rings is 1. The molecule has 35 heavy (non-hydrogen) atoms. The number of rotatable bonds is 16. The molecule has 1 saturated heterocycles. The monoisotopic (exact) mass is 485 g/mol. The molecule has 0 saturated carbocycles. The first-order chi connectivity index (χ1) is 17.2. The molecule has 0 bridgehead atoms. The molecule has 0 atom stereocenters. The third-order valence-corrected chi connectivity index (χ3v) is 6.72. The molecule has 0 amide bonds. The highest BCUT2D eigenvalue weighted by Crippen LogP contribution is 2.29. The van der Waals surface area contributed by atoms with E-state index in [0.29, 0.717) is 18.3 Å². The predicted octanol–water partition coefficient (Wildman–Crippen LogP) is 8.65. The highest BCUT2D eigenvalue weighted by Gasteiger charge is 2.23. The van der Waals surface area contributed by atoms with Crippen molar-refractivity contribution in [2.24, 2.45) is 5.92 Å². The molecule has 5 heteroatoms. The number of nitrogens with zero attached hydrogens (tertiary/aromatic N) is 1. The second kappa shape index (κ2) is 15.9. The summed E-state index contributed by atoms with van der Waals surface area (Å²) in [5.74, 6) is 0.433. The zero-order chi connectivity index (χ0) is 24.7. The molecule has 2 heterocycles. The van der Waals surface area contributed by atoms with E-state index in [-0.39, 0.29) is 12.1 Å². The van der Waals surface area contributed by atoms with Gasteiger partial charge in [0.15, 0.2) is 17.9 Å². The maximum atomic E-state index is 14.5. The molecule has 0 radical (unpaired) electrons. The Balaban J connectivity index is 1.41. The summed E-state index contributed by atoms with van der Waals surface area (Å²) >= 11 is 0. The maximum absolute atomic E-state index is 14.5. The van der Waals surface area contributed by atoms with Crippen LogP contribution in [0.15, 0.2) is 36.5 Å². The number of hydrogen-bond acceptors (Lipinski definition) is 4. The van der Waals surface area contributed by atoms with Crippen molar-refractivity contribution in [1.82, 2.24) is 4.98 Å². The van der Waals surface area contributed by atoms with Crippen LogP contribution in [0.4, 0.5) is 4.39 Å². The molecule has 4 nitrogen and oxygen atoms in total. The van der Waals surface area contributed by atoms with Gasteiger partial charge in [0.1, 0.15) is 0 Å². The first-order valence-electron chi connectivity index (χ1n) is 13.8. The second-order valence-electron chi connectivity index (χ2n) is 9.81. The van der Waals surface area contributed by atoms with Crippen LogP contribution >= 0.6 is 0 Å². The summed E-state index contributed by atoms with van der Waals surface area (Å²) in [6.07, 6.45) is 16.2. The minimum absolute atomic E-state index is 0.306. The van der Waals surface area contributed by atoms with Gasteiger partial charge in [-0.05, 0) is 37.1 Å². The molecule has 1 aromatic carbocycles. The Bertz CT molecular complexity index is 834. The third-order valence-electron chi connectivity index (χ3n) is 6.72. The fourth-order valence-corrected chi connectivity index (χ4v) is 4.50. The maximum Gasteiger partial charge on any atom is 0.185 e. The molecule has 1 aliphatic heterocycles. The zero-order valence-corrected chi connectivity index (χ0v) is 21.8. The van der Waals surface area contributed by atoms with E-state index in [1.54, 1.807) is 12.3 Å². The van der Waals surface area contributed by atoms with Crippen LogP contribution in [0.3, 0.4) is 0 Å². The Labute approximate surface area is 211 Å². The van der Waals surface area contributed by atoms with E-state index in [2.05, 4.69) is 18.8 Å². The van der Waals surface area contributed by atoms with Crippen LogP contribution in [0.5, 0.6) is 5.75 Å². The number of benzene rings is 1. The average molecular weight is 486 g/mol. The lowest BCUT2D eigenvalue weighted by Gasteiger charge is -2.29. The van der Waals surface area contributed by atoms with E-state index in [9.17, 15) is 4.39 Å². The first-order valence-corrected chi connectivity index (χ1v) is 13.8. The minimum Gasteiger partial charge on any atom is -0.491 e. The van der Waals surface area contributed by atoms with Crippen LogP contribution in [-0.4, -0.2) is 24.8 Å². The number of ether oxygens (including phenoxy) is 3. The van der Waals surface area contributed by atoms with Crippen molar-refractivity contribution < 1.29 is 18.6 Å². The van der Waals surface area contributed by atoms with Crippen molar-refractivity contribution in [3.63, 3.8) is 0 Å². The van der Waals surface area contributed by atoms with Gasteiger partial charge in [-0.25, -0.2) is 4.39 Å². The zero-order valence-electron chi connectivity index (χ0n) is 21.8. The van der Waals surface area contributed by atoms with Crippen molar-refractivity contribution in [3.8, 4) is 17.0 Å². The van der Waals surface area contributed by atoms with Gasteiger partial charge in [-0.15, -0.1) is 0 Å². The molecule has 1 aliphatic rings. The summed E-state index contributed by atoms with van der Waals surface area (Å²) in [7, 11) is 0. The summed E-state index contributed by atoms with van der Waals surface area (Å²) in [4.78, 5) is 4.54. The average Bonchev–Trinajstić information content (AvgIpc) is 2.89. The molecule has 0 N–H and O–H groups in total. The van der Waals surface area contributed by atoms with E-state index in [4.69, 9.17) is 14.2 Å². The summed E-state index contributed by atoms with van der Waals surface area (Å²) in [5.41, 5.74) is 2.35. The SMILES string of the molecule is CCCCCCCCC1COC(c2ccc(-c3ccc(OCCCCCCC)c(F)c3)nc2)OC1. The molecule has 1 fully saturated rings. The minimum atomic E-state index is -0.373. The highest BCUT2D eigenvalue weighted by molar-refractivity contribution is 5.60. The molecule has 3 rings (SSSR count). The number of hydrogen-bond donors (Lipinski definition) is 0. The van der Waals surface area contributed by atoms with Gasteiger partial charge < -0.3 is 14.2 Å². The summed E-state index contributed by atoms with van der Waals surface area (Å²) in [6.45, 7) is 6.45. The third kappa shape index (κ3) is 9.53. The lowest BCUT2D eigenvalue weighted by molar-refractivity contribution is -0.206. The predicted molar refractivity (Wildman–Crippen MR) is 140 cm³/mol. The number of aromatic nitrogens is 1. The van der Waals surface area contributed by atoms with E-state index in [1.807, 2.05) is 18.2 Å². The Hall–Kier alpha value is -1.98. The van der Waals surface area contributed by atoms with E-state index in [0.717, 1.165) is 42.9 Å². The van der Waals surface area contributed by atoms with Crippen molar-refractivity contribution >= 4 is 0 Å². The molecule has 0 aliphatic carbocycles. The van der Waals surface area contributed by atoms with Gasteiger partial charge in [-0.2, -0.15) is 0 Å². The molecule has 1 aromatic heterocycles. The molecule has 0 spiro atoms. The quantitative estimate of drug-likeness (QED) is 0.223. The normalized spacial score (nSPS) is 18.0. The van der Waals surface area contributed by atoms with Crippen LogP contribution in [-0.2, 0) is 9.47 Å². The lowest BCUT2D eigenvalue weighted by atomic mass is 10.0. The van der Waals surface area contributed by atoms with Crippen molar-refractivity contribution in [2.75, 3.05) is 19.8 Å². The lowest BCUT2D eigenvalue weighted by Crippen LogP contribution is -2.27. The van der Waals surface area contributed by atoms with E-state index >= 15 is 0 Å². The van der Waals surface area contributed by atoms with Crippen LogP contribution in [0.1, 0.15) is 103 Å². The fourth-order valence-electron chi connectivity index (χ4n) is 4.50. The van der Waals surface area contributed by atoms with Gasteiger partial charge in [0.05, 0.1) is 25.5 Å². The van der Waals surface area contributed by atoms with Gasteiger partial charge in [0.2, 0.25) is 0 Å². The largest absolute Gasteiger partial charge is 0.491 e. The first kappa shape index (κ1) is 27.6.